The molecule has 6 heteroatoms. The summed E-state index contributed by atoms with van der Waals surface area (Å²) in [5, 5.41) is 3.13. The van der Waals surface area contributed by atoms with Gasteiger partial charge in [0.15, 0.2) is 9.84 Å². The van der Waals surface area contributed by atoms with Crippen LogP contribution in [0.2, 0.25) is 0 Å². The molecule has 1 heterocycles. The predicted molar refractivity (Wildman–Crippen MR) is 66.2 cm³/mol. The van der Waals surface area contributed by atoms with Gasteiger partial charge in [0, 0.05) is 6.54 Å². The molecule has 0 radical (unpaired) electrons. The standard InChI is InChI=1S/C11H16N2O3S/c1-7-3-4-9(16-2)10-11(7)17(14,15)6-8(5-12)13-10/h3-4,8,13H,5-6,12H2,1-2H3. The van der Waals surface area contributed by atoms with Crippen molar-refractivity contribution in [2.45, 2.75) is 17.9 Å². The summed E-state index contributed by atoms with van der Waals surface area (Å²) >= 11 is 0. The molecular formula is C11H16N2O3S. The third-order valence-corrected chi connectivity index (χ3v) is 4.89. The molecule has 0 saturated carbocycles. The Labute approximate surface area is 101 Å². The minimum absolute atomic E-state index is 0.0322. The molecule has 1 atom stereocenters. The SMILES string of the molecule is COc1ccc(C)c2c1NC(CN)CS2(=O)=O. The molecule has 5 nitrogen and oxygen atoms in total. The largest absolute Gasteiger partial charge is 0.495 e. The second kappa shape index (κ2) is 4.19. The summed E-state index contributed by atoms with van der Waals surface area (Å²) in [7, 11) is -1.77. The van der Waals surface area contributed by atoms with Gasteiger partial charge in [-0.1, -0.05) is 6.07 Å². The number of hydrogen-bond acceptors (Lipinski definition) is 5. The number of anilines is 1. The molecule has 0 spiro atoms. The summed E-state index contributed by atoms with van der Waals surface area (Å²) in [6.07, 6.45) is 0. The Balaban J connectivity index is 2.68. The molecule has 0 saturated heterocycles. The molecule has 94 valence electrons. The van der Waals surface area contributed by atoms with Gasteiger partial charge < -0.3 is 15.8 Å². The third kappa shape index (κ3) is 1.98. The van der Waals surface area contributed by atoms with Crippen molar-refractivity contribution in [3.05, 3.63) is 17.7 Å². The molecule has 0 aromatic heterocycles. The molecule has 0 amide bonds. The minimum Gasteiger partial charge on any atom is -0.495 e. The van der Waals surface area contributed by atoms with E-state index in [-0.39, 0.29) is 18.3 Å². The van der Waals surface area contributed by atoms with Crippen LogP contribution in [0.5, 0.6) is 5.75 Å². The topological polar surface area (TPSA) is 81.4 Å². The number of nitrogens with one attached hydrogen (secondary N) is 1. The van der Waals surface area contributed by atoms with Crippen molar-refractivity contribution >= 4 is 15.5 Å². The highest BCUT2D eigenvalue weighted by atomic mass is 32.2. The minimum atomic E-state index is -3.29. The lowest BCUT2D eigenvalue weighted by molar-refractivity contribution is 0.414. The highest BCUT2D eigenvalue weighted by Gasteiger charge is 2.32. The summed E-state index contributed by atoms with van der Waals surface area (Å²) in [6, 6.07) is 3.25. The Morgan fingerprint density at radius 3 is 2.82 bits per heavy atom. The average Bonchev–Trinajstić information content (AvgIpc) is 2.27. The van der Waals surface area contributed by atoms with Crippen molar-refractivity contribution in [1.82, 2.24) is 0 Å². The zero-order valence-corrected chi connectivity index (χ0v) is 10.7. The lowest BCUT2D eigenvalue weighted by atomic mass is 10.1. The van der Waals surface area contributed by atoms with Crippen LogP contribution in [0.3, 0.4) is 0 Å². The molecule has 1 unspecified atom stereocenters. The van der Waals surface area contributed by atoms with Crippen LogP contribution in [0.25, 0.3) is 0 Å². The van der Waals surface area contributed by atoms with E-state index < -0.39 is 9.84 Å². The van der Waals surface area contributed by atoms with E-state index in [2.05, 4.69) is 5.32 Å². The van der Waals surface area contributed by atoms with Gasteiger partial charge in [0.1, 0.15) is 5.75 Å². The smallest absolute Gasteiger partial charge is 0.182 e. The van der Waals surface area contributed by atoms with Crippen LogP contribution >= 0.6 is 0 Å². The van der Waals surface area contributed by atoms with E-state index in [1.165, 1.54) is 7.11 Å². The van der Waals surface area contributed by atoms with Gasteiger partial charge >= 0.3 is 0 Å². The van der Waals surface area contributed by atoms with E-state index in [1.807, 2.05) is 0 Å². The Bertz CT molecular complexity index is 540. The average molecular weight is 256 g/mol. The number of fused-ring (bicyclic) bond motifs is 1. The Kier molecular flexibility index (Phi) is 3.01. The first-order valence-electron chi connectivity index (χ1n) is 5.36. The molecule has 1 aliphatic heterocycles. The number of rotatable bonds is 2. The number of sulfone groups is 1. The first kappa shape index (κ1) is 12.2. The predicted octanol–water partition coefficient (Wildman–Crippen LogP) is 0.530. The van der Waals surface area contributed by atoms with E-state index in [9.17, 15) is 8.42 Å². The monoisotopic (exact) mass is 256 g/mol. The number of nitrogens with two attached hydrogens (primary N) is 1. The second-order valence-corrected chi connectivity index (χ2v) is 6.12. The van der Waals surface area contributed by atoms with Crippen LogP contribution in [0, 0.1) is 6.92 Å². The zero-order chi connectivity index (χ0) is 12.6. The molecule has 0 fully saturated rings. The molecule has 0 bridgehead atoms. The van der Waals surface area contributed by atoms with E-state index in [0.29, 0.717) is 16.3 Å². The Morgan fingerprint density at radius 2 is 2.24 bits per heavy atom. The fourth-order valence-electron chi connectivity index (χ4n) is 2.10. The molecule has 3 N–H and O–H groups in total. The van der Waals surface area contributed by atoms with Crippen LogP contribution in [0.15, 0.2) is 17.0 Å². The maximum absolute atomic E-state index is 12.2. The van der Waals surface area contributed by atoms with E-state index >= 15 is 0 Å². The van der Waals surface area contributed by atoms with Crippen molar-refractivity contribution in [2.75, 3.05) is 24.7 Å². The van der Waals surface area contributed by atoms with Gasteiger partial charge in [-0.2, -0.15) is 0 Å². The molecule has 17 heavy (non-hydrogen) atoms. The quantitative estimate of drug-likeness (QED) is 0.806. The number of methoxy groups -OCH3 is 1. The fourth-order valence-corrected chi connectivity index (χ4v) is 4.04. The first-order chi connectivity index (χ1) is 7.99. The van der Waals surface area contributed by atoms with Crippen LogP contribution in [0.1, 0.15) is 5.56 Å². The zero-order valence-electron chi connectivity index (χ0n) is 9.86. The third-order valence-electron chi connectivity index (χ3n) is 2.90. The summed E-state index contributed by atoms with van der Waals surface area (Å²) in [6.45, 7) is 2.05. The maximum Gasteiger partial charge on any atom is 0.182 e. The molecular weight excluding hydrogens is 240 g/mol. The fraction of sp³-hybridized carbons (Fsp3) is 0.455. The van der Waals surface area contributed by atoms with E-state index in [0.717, 1.165) is 5.56 Å². The Hall–Kier alpha value is -1.27. The van der Waals surface area contributed by atoms with Gasteiger partial charge in [-0.05, 0) is 18.6 Å². The van der Waals surface area contributed by atoms with E-state index in [4.69, 9.17) is 10.5 Å². The molecule has 0 aliphatic carbocycles. The van der Waals surface area contributed by atoms with Gasteiger partial charge in [0.25, 0.3) is 0 Å². The van der Waals surface area contributed by atoms with Gasteiger partial charge in [-0.25, -0.2) is 8.42 Å². The van der Waals surface area contributed by atoms with Gasteiger partial charge in [0.05, 0.1) is 29.5 Å². The summed E-state index contributed by atoms with van der Waals surface area (Å²) < 4.78 is 29.5. The van der Waals surface area contributed by atoms with Crippen LogP contribution in [0.4, 0.5) is 5.69 Å². The highest BCUT2D eigenvalue weighted by molar-refractivity contribution is 7.91. The maximum atomic E-state index is 12.2. The molecule has 1 aromatic rings. The summed E-state index contributed by atoms with van der Waals surface area (Å²) in [4.78, 5) is 0.335. The molecule has 1 aromatic carbocycles. The van der Waals surface area contributed by atoms with Gasteiger partial charge in [-0.15, -0.1) is 0 Å². The Morgan fingerprint density at radius 1 is 1.53 bits per heavy atom. The van der Waals surface area contributed by atoms with Crippen LogP contribution < -0.4 is 15.8 Å². The van der Waals surface area contributed by atoms with Gasteiger partial charge in [0.2, 0.25) is 0 Å². The lowest BCUT2D eigenvalue weighted by Gasteiger charge is -2.28. The van der Waals surface area contributed by atoms with Crippen LogP contribution in [-0.2, 0) is 9.84 Å². The van der Waals surface area contributed by atoms with Crippen molar-refractivity contribution < 1.29 is 13.2 Å². The molecule has 1 aliphatic rings. The number of benzene rings is 1. The van der Waals surface area contributed by atoms with Crippen molar-refractivity contribution in [3.63, 3.8) is 0 Å². The highest BCUT2D eigenvalue weighted by Crippen LogP contribution is 2.38. The van der Waals surface area contributed by atoms with Crippen molar-refractivity contribution in [3.8, 4) is 5.75 Å². The summed E-state index contributed by atoms with van der Waals surface area (Å²) in [5.41, 5.74) is 6.81. The van der Waals surface area contributed by atoms with E-state index in [1.54, 1.807) is 19.1 Å². The number of aryl methyl sites for hydroxylation is 1. The lowest BCUT2D eigenvalue weighted by Crippen LogP contribution is -2.40. The normalized spacial score (nSPS) is 21.5. The number of hydrogen-bond donors (Lipinski definition) is 2. The van der Waals surface area contributed by atoms with Crippen LogP contribution in [-0.4, -0.2) is 33.9 Å². The second-order valence-electron chi connectivity index (χ2n) is 4.15. The van der Waals surface area contributed by atoms with Crippen molar-refractivity contribution in [1.29, 1.82) is 0 Å². The summed E-state index contributed by atoms with van der Waals surface area (Å²) in [5.74, 6) is 0.567. The van der Waals surface area contributed by atoms with Gasteiger partial charge in [-0.3, -0.25) is 0 Å². The van der Waals surface area contributed by atoms with Crippen molar-refractivity contribution in [2.24, 2.45) is 5.73 Å². The first-order valence-corrected chi connectivity index (χ1v) is 7.01. The number of ether oxygens (including phenoxy) is 1. The molecule has 2 rings (SSSR count).